The summed E-state index contributed by atoms with van der Waals surface area (Å²) < 4.78 is 12.5. The molecule has 1 saturated carbocycles. The average molecular weight is 544 g/mol. The SMILES string of the molecule is CCOc1cc(/C=N\N2C(=O)[C@H]3[C@H](C2=O)[C@@H]2C=C[C@@H]3CC2)cc(Br)c1OCc1ccccc1Cl. The number of allylic oxidation sites excluding steroid dienone is 2. The molecular weight excluding hydrogens is 520 g/mol. The van der Waals surface area contributed by atoms with E-state index in [1.165, 1.54) is 6.21 Å². The highest BCUT2D eigenvalue weighted by molar-refractivity contribution is 9.10. The largest absolute Gasteiger partial charge is 0.490 e. The molecule has 0 N–H and O–H groups in total. The first-order chi connectivity index (χ1) is 16.5. The van der Waals surface area contributed by atoms with Crippen molar-refractivity contribution in [2.75, 3.05) is 6.61 Å². The van der Waals surface area contributed by atoms with Crippen LogP contribution in [0.2, 0.25) is 5.02 Å². The van der Waals surface area contributed by atoms with Gasteiger partial charge in [0.2, 0.25) is 0 Å². The van der Waals surface area contributed by atoms with Gasteiger partial charge in [0.25, 0.3) is 11.8 Å². The number of ether oxygens (including phenoxy) is 2. The molecule has 1 aliphatic heterocycles. The number of rotatable bonds is 7. The van der Waals surface area contributed by atoms with Gasteiger partial charge in [-0.2, -0.15) is 10.1 Å². The van der Waals surface area contributed by atoms with E-state index in [9.17, 15) is 9.59 Å². The van der Waals surface area contributed by atoms with E-state index in [2.05, 4.69) is 33.2 Å². The number of benzene rings is 2. The zero-order valence-electron chi connectivity index (χ0n) is 18.6. The molecule has 2 aromatic rings. The fourth-order valence-electron chi connectivity index (χ4n) is 5.13. The highest BCUT2D eigenvalue weighted by Crippen LogP contribution is 2.49. The van der Waals surface area contributed by atoms with Crippen molar-refractivity contribution in [3.63, 3.8) is 0 Å². The summed E-state index contributed by atoms with van der Waals surface area (Å²) in [5.74, 6) is 0.392. The van der Waals surface area contributed by atoms with Crippen molar-refractivity contribution in [3.05, 3.63) is 69.2 Å². The van der Waals surface area contributed by atoms with Crippen LogP contribution in [0.5, 0.6) is 11.5 Å². The maximum absolute atomic E-state index is 13.0. The second-order valence-electron chi connectivity index (χ2n) is 8.72. The van der Waals surface area contributed by atoms with E-state index in [1.807, 2.05) is 37.3 Å². The zero-order chi connectivity index (χ0) is 23.8. The summed E-state index contributed by atoms with van der Waals surface area (Å²) in [6.45, 7) is 2.61. The summed E-state index contributed by atoms with van der Waals surface area (Å²) in [4.78, 5) is 26.0. The highest BCUT2D eigenvalue weighted by atomic mass is 79.9. The van der Waals surface area contributed by atoms with Crippen LogP contribution in [-0.2, 0) is 16.2 Å². The van der Waals surface area contributed by atoms with Crippen LogP contribution in [0.3, 0.4) is 0 Å². The third-order valence-electron chi connectivity index (χ3n) is 6.72. The second kappa shape index (κ2) is 9.55. The van der Waals surface area contributed by atoms with Gasteiger partial charge in [0.05, 0.1) is 29.1 Å². The smallest absolute Gasteiger partial charge is 0.254 e. The maximum atomic E-state index is 13.0. The van der Waals surface area contributed by atoms with Gasteiger partial charge in [-0.15, -0.1) is 0 Å². The number of halogens is 2. The molecule has 6 rings (SSSR count). The Balaban J connectivity index is 1.36. The molecule has 0 unspecified atom stereocenters. The van der Waals surface area contributed by atoms with Gasteiger partial charge < -0.3 is 9.47 Å². The number of nitrogens with zero attached hydrogens (tertiary/aromatic N) is 2. The van der Waals surface area contributed by atoms with Gasteiger partial charge in [0.1, 0.15) is 6.61 Å². The minimum atomic E-state index is -0.278. The van der Waals surface area contributed by atoms with E-state index in [0.717, 1.165) is 23.4 Å². The summed E-state index contributed by atoms with van der Waals surface area (Å²) in [5, 5.41) is 5.99. The first-order valence-corrected chi connectivity index (χ1v) is 12.6. The molecule has 2 bridgehead atoms. The number of amides is 2. The fourth-order valence-corrected chi connectivity index (χ4v) is 5.89. The fraction of sp³-hybridized carbons (Fsp3) is 0.346. The number of carbonyl (C=O) groups excluding carboxylic acids is 2. The van der Waals surface area contributed by atoms with Crippen LogP contribution in [0.4, 0.5) is 0 Å². The predicted molar refractivity (Wildman–Crippen MR) is 133 cm³/mol. The summed E-state index contributed by atoms with van der Waals surface area (Å²) in [7, 11) is 0. The minimum Gasteiger partial charge on any atom is -0.490 e. The Morgan fingerprint density at radius 2 is 1.76 bits per heavy atom. The highest BCUT2D eigenvalue weighted by Gasteiger charge is 2.56. The molecule has 3 aliphatic carbocycles. The van der Waals surface area contributed by atoms with E-state index >= 15 is 0 Å². The van der Waals surface area contributed by atoms with E-state index in [4.69, 9.17) is 21.1 Å². The lowest BCUT2D eigenvalue weighted by molar-refractivity contribution is -0.140. The molecule has 0 radical (unpaired) electrons. The quantitative estimate of drug-likeness (QED) is 0.259. The van der Waals surface area contributed by atoms with Crippen LogP contribution in [-0.4, -0.2) is 29.6 Å². The Hall–Kier alpha value is -2.64. The molecule has 34 heavy (non-hydrogen) atoms. The first-order valence-electron chi connectivity index (χ1n) is 11.4. The van der Waals surface area contributed by atoms with Gasteiger partial charge in [-0.1, -0.05) is 42.0 Å². The van der Waals surface area contributed by atoms with Crippen molar-refractivity contribution in [2.45, 2.75) is 26.4 Å². The Morgan fingerprint density at radius 1 is 1.09 bits per heavy atom. The number of hydrazone groups is 1. The van der Waals surface area contributed by atoms with Gasteiger partial charge in [-0.25, -0.2) is 0 Å². The van der Waals surface area contributed by atoms with E-state index in [1.54, 1.807) is 6.07 Å². The molecule has 1 heterocycles. The van der Waals surface area contributed by atoms with E-state index < -0.39 is 0 Å². The van der Waals surface area contributed by atoms with Crippen LogP contribution in [0.15, 0.2) is 58.1 Å². The molecule has 8 heteroatoms. The lowest BCUT2D eigenvalue weighted by atomic mass is 9.63. The molecule has 0 aromatic heterocycles. The molecule has 4 atom stereocenters. The minimum absolute atomic E-state index is 0.139. The Morgan fingerprint density at radius 3 is 2.38 bits per heavy atom. The van der Waals surface area contributed by atoms with Gasteiger partial charge in [0.15, 0.2) is 11.5 Å². The first kappa shape index (κ1) is 23.1. The Labute approximate surface area is 211 Å². The molecule has 4 aliphatic rings. The zero-order valence-corrected chi connectivity index (χ0v) is 21.0. The summed E-state index contributed by atoms with van der Waals surface area (Å²) in [5.41, 5.74) is 1.54. The second-order valence-corrected chi connectivity index (χ2v) is 9.98. The summed E-state index contributed by atoms with van der Waals surface area (Å²) in [6, 6.07) is 11.1. The van der Waals surface area contributed by atoms with Crippen molar-refractivity contribution >= 4 is 45.6 Å². The van der Waals surface area contributed by atoms with Crippen LogP contribution in [0, 0.1) is 23.7 Å². The van der Waals surface area contributed by atoms with Crippen LogP contribution >= 0.6 is 27.5 Å². The Kier molecular flexibility index (Phi) is 6.49. The third kappa shape index (κ3) is 4.16. The van der Waals surface area contributed by atoms with Crippen LogP contribution in [0.25, 0.3) is 0 Å². The van der Waals surface area contributed by atoms with Crippen LogP contribution in [0.1, 0.15) is 30.9 Å². The molecule has 2 aromatic carbocycles. The van der Waals surface area contributed by atoms with Crippen molar-refractivity contribution in [1.29, 1.82) is 0 Å². The van der Waals surface area contributed by atoms with Crippen molar-refractivity contribution in [2.24, 2.45) is 28.8 Å². The van der Waals surface area contributed by atoms with Crippen molar-refractivity contribution in [1.82, 2.24) is 5.01 Å². The van der Waals surface area contributed by atoms with Gasteiger partial charge in [-0.3, -0.25) is 9.59 Å². The number of hydrogen-bond donors (Lipinski definition) is 0. The summed E-state index contributed by atoms with van der Waals surface area (Å²) in [6.07, 6.45) is 7.63. The standard InChI is InChI=1S/C26H24BrClN2O4/c1-2-33-21-12-15(11-19(27)24(21)34-14-18-5-3-4-6-20(18)28)13-29-30-25(31)22-16-7-8-17(10-9-16)23(22)26(30)32/h3-8,11-13,16-17,22-23H,2,9-10,14H2,1H3/b29-13-/t16-,17-,22-,23-/m1/s1. The number of fused-ring (bicyclic) bond motifs is 1. The maximum Gasteiger partial charge on any atom is 0.254 e. The van der Waals surface area contributed by atoms with E-state index in [-0.39, 0.29) is 42.1 Å². The van der Waals surface area contributed by atoms with Gasteiger partial charge in [-0.05, 0) is 71.3 Å². The monoisotopic (exact) mass is 542 g/mol. The lowest BCUT2D eigenvalue weighted by Crippen LogP contribution is -2.38. The molecule has 2 fully saturated rings. The third-order valence-corrected chi connectivity index (χ3v) is 7.68. The number of imide groups is 1. The van der Waals surface area contributed by atoms with Crippen molar-refractivity contribution in [3.8, 4) is 11.5 Å². The molecule has 6 nitrogen and oxygen atoms in total. The van der Waals surface area contributed by atoms with Gasteiger partial charge >= 0.3 is 0 Å². The molecule has 0 spiro atoms. The number of hydrogen-bond acceptors (Lipinski definition) is 5. The molecule has 2 amide bonds. The average Bonchev–Trinajstić information content (AvgIpc) is 3.11. The van der Waals surface area contributed by atoms with Crippen molar-refractivity contribution < 1.29 is 19.1 Å². The van der Waals surface area contributed by atoms with E-state index in [0.29, 0.717) is 33.2 Å². The summed E-state index contributed by atoms with van der Waals surface area (Å²) >= 11 is 9.80. The molecular formula is C26H24BrClN2O4. The number of carbonyl (C=O) groups is 2. The Bertz CT molecular complexity index is 1170. The molecule has 176 valence electrons. The topological polar surface area (TPSA) is 68.2 Å². The predicted octanol–water partition coefficient (Wildman–Crippen LogP) is 5.61. The van der Waals surface area contributed by atoms with Crippen LogP contribution < -0.4 is 9.47 Å². The molecule has 1 saturated heterocycles. The normalized spacial score (nSPS) is 25.3. The lowest BCUT2D eigenvalue weighted by Gasteiger charge is -2.37. The van der Waals surface area contributed by atoms with Gasteiger partial charge in [0, 0.05) is 10.6 Å².